The van der Waals surface area contributed by atoms with Crippen molar-refractivity contribution in [2.45, 2.75) is 65.2 Å². The van der Waals surface area contributed by atoms with Crippen LogP contribution in [-0.4, -0.2) is 18.0 Å². The number of unbranched alkanes of at least 4 members (excludes halogenated alkanes) is 6. The van der Waals surface area contributed by atoms with Gasteiger partial charge in [0.15, 0.2) is 0 Å². The summed E-state index contributed by atoms with van der Waals surface area (Å²) in [5.74, 6) is 0. The summed E-state index contributed by atoms with van der Waals surface area (Å²) in [6.07, 6.45) is 14.3. The summed E-state index contributed by atoms with van der Waals surface area (Å²) >= 11 is 0. The first kappa shape index (κ1) is 15.5. The van der Waals surface area contributed by atoms with Crippen molar-refractivity contribution in [2.75, 3.05) is 13.1 Å². The molecule has 0 saturated carbocycles. The van der Waals surface area contributed by atoms with Crippen molar-refractivity contribution in [3.8, 4) is 0 Å². The van der Waals surface area contributed by atoms with Crippen molar-refractivity contribution in [3.05, 3.63) is 19.2 Å². The highest BCUT2D eigenvalue weighted by Gasteiger charge is 1.98. The predicted molar refractivity (Wildman–Crippen MR) is 73.3 cm³/mol. The van der Waals surface area contributed by atoms with Crippen LogP contribution in [-0.2, 0) is 0 Å². The van der Waals surface area contributed by atoms with Gasteiger partial charge in [0.25, 0.3) is 0 Å². The number of nitrogens with zero attached hydrogens (tertiary/aromatic N) is 1. The topological polar surface area (TPSA) is 3.24 Å². The summed E-state index contributed by atoms with van der Waals surface area (Å²) in [7, 11) is 0. The van der Waals surface area contributed by atoms with E-state index in [9.17, 15) is 0 Å². The Balaban J connectivity index is 3.54. The molecule has 94 valence electrons. The van der Waals surface area contributed by atoms with Crippen LogP contribution in [0.2, 0.25) is 0 Å². The highest BCUT2D eigenvalue weighted by molar-refractivity contribution is 4.84. The number of hydrogen-bond acceptors (Lipinski definition) is 1. The second-order valence-corrected chi connectivity index (χ2v) is 4.50. The van der Waals surface area contributed by atoms with Gasteiger partial charge in [0.05, 0.1) is 0 Å². The first-order valence-corrected chi connectivity index (χ1v) is 6.97. The van der Waals surface area contributed by atoms with Gasteiger partial charge in [-0.05, 0) is 26.0 Å². The molecule has 0 N–H and O–H groups in total. The molecule has 0 spiro atoms. The quantitative estimate of drug-likeness (QED) is 0.460. The first-order chi connectivity index (χ1) is 7.85. The van der Waals surface area contributed by atoms with E-state index in [4.69, 9.17) is 6.92 Å². The number of hydrogen-bond donors (Lipinski definition) is 0. The molecule has 2 radical (unpaired) electrons. The standard InChI is InChI=1S/C15H29N/c1-4-7-9-11-14-16(13-6-3)15-12-10-8-5-2/h3,6,13H,4-5,7-12,14-15H2,1-2H3/b13-6+. The van der Waals surface area contributed by atoms with E-state index in [0.29, 0.717) is 0 Å². The molecule has 0 amide bonds. The minimum atomic E-state index is 1.17. The molecule has 0 bridgehead atoms. The lowest BCUT2D eigenvalue weighted by Gasteiger charge is -2.20. The largest absolute Gasteiger partial charge is 0.378 e. The molecule has 0 saturated heterocycles. The third-order valence-corrected chi connectivity index (χ3v) is 2.89. The zero-order chi connectivity index (χ0) is 12.1. The van der Waals surface area contributed by atoms with Crippen LogP contribution in [0.3, 0.4) is 0 Å². The molecule has 0 aromatic heterocycles. The molecule has 0 rings (SSSR count). The van der Waals surface area contributed by atoms with E-state index in [-0.39, 0.29) is 0 Å². The second-order valence-electron chi connectivity index (χ2n) is 4.50. The molecule has 0 unspecified atom stereocenters. The van der Waals surface area contributed by atoms with Gasteiger partial charge < -0.3 is 4.90 Å². The Hall–Kier alpha value is -0.460. The lowest BCUT2D eigenvalue weighted by molar-refractivity contribution is 0.351. The summed E-state index contributed by atoms with van der Waals surface area (Å²) in [6, 6.07) is 0. The maximum atomic E-state index is 5.47. The Morgan fingerprint density at radius 3 is 1.69 bits per heavy atom. The molecule has 0 aliphatic rings. The summed E-state index contributed by atoms with van der Waals surface area (Å²) in [4.78, 5) is 2.37. The van der Waals surface area contributed by atoms with E-state index in [1.807, 2.05) is 6.20 Å². The van der Waals surface area contributed by atoms with Gasteiger partial charge >= 0.3 is 0 Å². The Morgan fingerprint density at radius 2 is 1.31 bits per heavy atom. The van der Waals surface area contributed by atoms with Crippen molar-refractivity contribution < 1.29 is 0 Å². The smallest absolute Gasteiger partial charge is 0.0172 e. The molecule has 0 aliphatic heterocycles. The monoisotopic (exact) mass is 223 g/mol. The van der Waals surface area contributed by atoms with Gasteiger partial charge in [-0.3, -0.25) is 0 Å². The first-order valence-electron chi connectivity index (χ1n) is 6.97. The van der Waals surface area contributed by atoms with Crippen LogP contribution in [0.25, 0.3) is 0 Å². The van der Waals surface area contributed by atoms with E-state index in [1.165, 1.54) is 64.5 Å². The second kappa shape index (κ2) is 12.6. The average Bonchev–Trinajstić information content (AvgIpc) is 2.30. The van der Waals surface area contributed by atoms with Gasteiger partial charge in [0.2, 0.25) is 0 Å². The van der Waals surface area contributed by atoms with E-state index in [1.54, 1.807) is 6.08 Å². The third-order valence-electron chi connectivity index (χ3n) is 2.89. The molecule has 0 aromatic carbocycles. The number of rotatable bonds is 11. The van der Waals surface area contributed by atoms with Gasteiger partial charge in [-0.15, -0.1) is 0 Å². The average molecular weight is 223 g/mol. The van der Waals surface area contributed by atoms with E-state index in [2.05, 4.69) is 18.7 Å². The normalized spacial score (nSPS) is 11.2. The molecule has 0 aromatic rings. The SMILES string of the molecule is [CH]/C=C/N(CCCCCC)CCCCCC. The molecule has 16 heavy (non-hydrogen) atoms. The highest BCUT2D eigenvalue weighted by Crippen LogP contribution is 2.05. The third kappa shape index (κ3) is 10.1. The summed E-state index contributed by atoms with van der Waals surface area (Å²) in [6.45, 7) is 12.3. The Bertz CT molecular complexity index is 140. The lowest BCUT2D eigenvalue weighted by Crippen LogP contribution is -2.19. The molecule has 0 heterocycles. The van der Waals surface area contributed by atoms with E-state index < -0.39 is 0 Å². The van der Waals surface area contributed by atoms with Crippen LogP contribution in [0, 0.1) is 6.92 Å². The van der Waals surface area contributed by atoms with Gasteiger partial charge in [0.1, 0.15) is 0 Å². The van der Waals surface area contributed by atoms with Crippen LogP contribution in [0.4, 0.5) is 0 Å². The fourth-order valence-electron chi connectivity index (χ4n) is 1.87. The molecular formula is C15H29N. The Labute approximate surface area is 103 Å². The lowest BCUT2D eigenvalue weighted by atomic mass is 10.2. The van der Waals surface area contributed by atoms with Crippen LogP contribution in [0.1, 0.15) is 65.2 Å². The zero-order valence-corrected chi connectivity index (χ0v) is 11.3. The molecule has 1 nitrogen and oxygen atoms in total. The molecule has 1 heteroatoms. The van der Waals surface area contributed by atoms with Gasteiger partial charge in [-0.25, -0.2) is 0 Å². The van der Waals surface area contributed by atoms with Gasteiger partial charge in [-0.1, -0.05) is 58.4 Å². The Morgan fingerprint density at radius 1 is 0.812 bits per heavy atom. The summed E-state index contributed by atoms with van der Waals surface area (Å²) in [5, 5.41) is 0. The van der Waals surface area contributed by atoms with E-state index in [0.717, 1.165) is 0 Å². The maximum absolute atomic E-state index is 5.47. The minimum absolute atomic E-state index is 1.17. The van der Waals surface area contributed by atoms with Crippen molar-refractivity contribution in [1.82, 2.24) is 4.90 Å². The Kier molecular flexibility index (Phi) is 12.2. The highest BCUT2D eigenvalue weighted by atomic mass is 15.1. The maximum Gasteiger partial charge on any atom is 0.0172 e. The molecular weight excluding hydrogens is 194 g/mol. The predicted octanol–water partition coefficient (Wildman–Crippen LogP) is 4.67. The van der Waals surface area contributed by atoms with Crippen molar-refractivity contribution in [2.24, 2.45) is 0 Å². The van der Waals surface area contributed by atoms with Gasteiger partial charge in [0, 0.05) is 13.1 Å². The van der Waals surface area contributed by atoms with Crippen LogP contribution in [0.15, 0.2) is 12.3 Å². The fraction of sp³-hybridized carbons (Fsp3) is 0.800. The van der Waals surface area contributed by atoms with Crippen molar-refractivity contribution in [3.63, 3.8) is 0 Å². The van der Waals surface area contributed by atoms with Crippen molar-refractivity contribution in [1.29, 1.82) is 0 Å². The molecule has 0 fully saturated rings. The minimum Gasteiger partial charge on any atom is -0.378 e. The zero-order valence-electron chi connectivity index (χ0n) is 11.3. The summed E-state index contributed by atoms with van der Waals surface area (Å²) in [5.41, 5.74) is 0. The fourth-order valence-corrected chi connectivity index (χ4v) is 1.87. The summed E-state index contributed by atoms with van der Waals surface area (Å²) < 4.78 is 0. The molecule has 0 aliphatic carbocycles. The van der Waals surface area contributed by atoms with Crippen molar-refractivity contribution >= 4 is 0 Å². The molecule has 0 atom stereocenters. The van der Waals surface area contributed by atoms with Crippen LogP contribution >= 0.6 is 0 Å². The van der Waals surface area contributed by atoms with Crippen LogP contribution in [0.5, 0.6) is 0 Å². The number of allylic oxidation sites excluding steroid dienone is 1. The van der Waals surface area contributed by atoms with E-state index >= 15 is 0 Å². The van der Waals surface area contributed by atoms with Crippen LogP contribution < -0.4 is 0 Å². The van der Waals surface area contributed by atoms with Gasteiger partial charge in [-0.2, -0.15) is 0 Å².